The number of carboxylic acids is 4. The van der Waals surface area contributed by atoms with Gasteiger partial charge in [0.15, 0.2) is 0 Å². The van der Waals surface area contributed by atoms with Gasteiger partial charge in [0.25, 0.3) is 0 Å². The third kappa shape index (κ3) is 33.5. The van der Waals surface area contributed by atoms with Gasteiger partial charge in [-0.2, -0.15) is 0 Å². The molecule has 0 bridgehead atoms. The first-order chi connectivity index (χ1) is 42.9. The van der Waals surface area contributed by atoms with E-state index in [0.717, 1.165) is 21.6 Å². The van der Waals surface area contributed by atoms with Gasteiger partial charge in [-0.3, -0.25) is 52.7 Å². The molecule has 0 aromatic rings. The van der Waals surface area contributed by atoms with Crippen molar-refractivity contribution in [2.75, 3.05) is 51.0 Å². The number of nitrogens with one attached hydrogen (secondary N) is 8. The lowest BCUT2D eigenvalue weighted by atomic mass is 10.0. The zero-order valence-electron chi connectivity index (χ0n) is 49.1. The van der Waals surface area contributed by atoms with Crippen LogP contribution in [0.25, 0.3) is 0 Å². The van der Waals surface area contributed by atoms with Crippen molar-refractivity contribution in [3.8, 4) is 0 Å². The summed E-state index contributed by atoms with van der Waals surface area (Å²) in [6, 6.07) is -13.2. The van der Waals surface area contributed by atoms with Crippen molar-refractivity contribution in [3.63, 3.8) is 0 Å². The lowest BCUT2D eigenvalue weighted by Gasteiger charge is -2.27. The maximum atomic E-state index is 14.3. The Morgan fingerprint density at radius 2 is 0.576 bits per heavy atom. The first-order valence-electron chi connectivity index (χ1n) is 27.9. The molecular weight excluding hydrogens is 1290 g/mol. The quantitative estimate of drug-likeness (QED) is 0.0199. The summed E-state index contributed by atoms with van der Waals surface area (Å²) < 4.78 is 0. The summed E-state index contributed by atoms with van der Waals surface area (Å²) in [7, 11) is 1.52. The summed E-state index contributed by atoms with van der Waals surface area (Å²) in [6.07, 6.45) is -32.5. The highest BCUT2D eigenvalue weighted by Gasteiger charge is 2.37. The molecule has 41 nitrogen and oxygen atoms in total. The Morgan fingerprint density at radius 1 is 0.315 bits per heavy atom. The molecule has 92 heavy (non-hydrogen) atoms. The Kier molecular flexibility index (Phi) is 42.0. The average molecular weight is 1380 g/mol. The zero-order valence-corrected chi connectivity index (χ0v) is 50.7. The first kappa shape index (κ1) is 85.7. The molecule has 31 N–H and O–H groups in total. The summed E-state index contributed by atoms with van der Waals surface area (Å²) in [6.45, 7) is -5.60. The molecule has 8 amide bonds. The fraction of sp³-hybridized carbons (Fsp3) is 0.755. The summed E-state index contributed by atoms with van der Waals surface area (Å²) in [4.78, 5) is 156. The van der Waals surface area contributed by atoms with Gasteiger partial charge in [-0.1, -0.05) is 21.6 Å². The molecule has 19 atom stereocenters. The van der Waals surface area contributed by atoms with E-state index < -0.39 is 296 Å². The number of hydrogen-bond acceptors (Lipinski definition) is 31. The Balaban J connectivity index is 7.20. The van der Waals surface area contributed by atoms with Crippen LogP contribution in [0.5, 0.6) is 0 Å². The number of aliphatic hydroxyl groups is 15. The third-order valence-electron chi connectivity index (χ3n) is 13.2. The molecule has 0 aromatic heterocycles. The van der Waals surface area contributed by atoms with Crippen LogP contribution in [-0.2, 0) is 57.5 Å². The summed E-state index contributed by atoms with van der Waals surface area (Å²) in [5.41, 5.74) is 11.4. The average Bonchev–Trinajstić information content (AvgIpc) is 1.16. The standard InChI is InChI=1S/C49H86N10O31S2/c50-19(1-6-32(69)52-11-26(63)37(76)40(79)29(66)14-60)43(82)55-23(4-9-35(72)73)45(84)56-21(2-7-33(70)53-12-27(64)38(77)41(80)30(67)15-61)44(83)58-24(5-10-36(74)75)46(85)57-22(3-8-34(71)54-13-28(65)39(78)42(81)31(68)16-62)47(86)59-25(49(89)90)18-92-91-17-20(51)48(87)88/h19-31,37-42,60-68,76-81H,1-18,50-51H2,(H,52,69)(H,53,70)(H,54,71)(H,55,82)(H,56,84)(H,57,85)(H,58,83)(H,59,86)(H,72,73)(H,74,75)(H,87,88)(H,89,90). The predicted octanol–water partition coefficient (Wildman–Crippen LogP) is -14.7. The Bertz CT molecular complexity index is 2380. The topological polar surface area (TPSA) is 737 Å². The largest absolute Gasteiger partial charge is 0.481 e. The van der Waals surface area contributed by atoms with Crippen LogP contribution in [0, 0.1) is 0 Å². The van der Waals surface area contributed by atoms with E-state index in [-0.39, 0.29) is 5.75 Å². The maximum Gasteiger partial charge on any atom is 0.327 e. The van der Waals surface area contributed by atoms with Crippen LogP contribution < -0.4 is 54.0 Å². The summed E-state index contributed by atoms with van der Waals surface area (Å²) >= 11 is 0. The molecule has 19 unspecified atom stereocenters. The normalized spacial score (nSPS) is 17.7. The molecule has 0 aliphatic heterocycles. The number of aliphatic carboxylic acids is 4. The molecule has 0 saturated carbocycles. The van der Waals surface area contributed by atoms with Gasteiger partial charge in [-0.15, -0.1) is 0 Å². The van der Waals surface area contributed by atoms with Gasteiger partial charge in [0.1, 0.15) is 91.2 Å². The zero-order chi connectivity index (χ0) is 70.7. The molecule has 0 rings (SSSR count). The van der Waals surface area contributed by atoms with Crippen molar-refractivity contribution in [2.45, 2.75) is 180 Å². The predicted molar refractivity (Wildman–Crippen MR) is 310 cm³/mol. The van der Waals surface area contributed by atoms with Gasteiger partial charge >= 0.3 is 23.9 Å². The minimum atomic E-state index is -2.18. The van der Waals surface area contributed by atoms with E-state index >= 15 is 0 Å². The summed E-state index contributed by atoms with van der Waals surface area (Å²) in [5, 5.41) is 202. The van der Waals surface area contributed by atoms with Gasteiger partial charge < -0.3 is 151 Å². The lowest BCUT2D eigenvalue weighted by Crippen LogP contribution is -2.59. The highest BCUT2D eigenvalue weighted by atomic mass is 33.1. The van der Waals surface area contributed by atoms with E-state index in [1.54, 1.807) is 0 Å². The number of carboxylic acid groups (broad SMARTS) is 4. The van der Waals surface area contributed by atoms with Crippen LogP contribution in [0.2, 0.25) is 0 Å². The maximum absolute atomic E-state index is 14.3. The number of nitrogens with two attached hydrogens (primary N) is 2. The molecule has 0 heterocycles. The van der Waals surface area contributed by atoms with Gasteiger partial charge in [0, 0.05) is 63.2 Å². The molecule has 0 spiro atoms. The van der Waals surface area contributed by atoms with Crippen molar-refractivity contribution >= 4 is 92.7 Å². The fourth-order valence-corrected chi connectivity index (χ4v) is 9.67. The monoisotopic (exact) mass is 1370 g/mol. The van der Waals surface area contributed by atoms with Gasteiger partial charge in [0.05, 0.1) is 44.2 Å². The van der Waals surface area contributed by atoms with Crippen LogP contribution >= 0.6 is 21.6 Å². The van der Waals surface area contributed by atoms with Crippen molar-refractivity contribution in [3.05, 3.63) is 0 Å². The second kappa shape index (κ2) is 45.1. The SMILES string of the molecule is NC(CSSCC(NC(=O)C(CCC(=O)NCC(O)C(O)C(O)C(O)CO)NC(=O)C(CCC(=O)O)NC(=O)C(CCC(=O)NCC(O)C(O)C(O)C(O)CO)NC(=O)C(CCC(=O)O)NC(=O)C(N)CCC(=O)NCC(O)C(O)C(O)C(O)CO)C(=O)O)C(=O)O. The lowest BCUT2D eigenvalue weighted by molar-refractivity contribution is -0.142. The first-order valence-corrected chi connectivity index (χ1v) is 30.4. The molecule has 0 fully saturated rings. The van der Waals surface area contributed by atoms with Crippen LogP contribution in [0.4, 0.5) is 0 Å². The van der Waals surface area contributed by atoms with E-state index in [2.05, 4.69) is 42.5 Å². The molecule has 0 aliphatic carbocycles. The number of amides is 8. The smallest absolute Gasteiger partial charge is 0.327 e. The van der Waals surface area contributed by atoms with Crippen molar-refractivity contribution in [1.82, 2.24) is 42.5 Å². The molecule has 0 radical (unpaired) electrons. The van der Waals surface area contributed by atoms with Crippen LogP contribution in [-0.4, -0.2) is 335 Å². The highest BCUT2D eigenvalue weighted by Crippen LogP contribution is 2.23. The molecule has 0 aliphatic rings. The van der Waals surface area contributed by atoms with E-state index in [4.69, 9.17) is 31.9 Å². The van der Waals surface area contributed by atoms with Crippen molar-refractivity contribution in [1.29, 1.82) is 0 Å². The number of aliphatic hydroxyl groups excluding tert-OH is 15. The summed E-state index contributed by atoms with van der Waals surface area (Å²) in [5.74, 6) is -17.1. The molecule has 43 heteroatoms. The Morgan fingerprint density at radius 3 is 0.859 bits per heavy atom. The van der Waals surface area contributed by atoms with E-state index in [9.17, 15) is 134 Å². The Labute approximate surface area is 530 Å². The fourth-order valence-electron chi connectivity index (χ4n) is 7.40. The third-order valence-corrected chi connectivity index (χ3v) is 15.6. The van der Waals surface area contributed by atoms with E-state index in [1.165, 1.54) is 0 Å². The van der Waals surface area contributed by atoms with Crippen LogP contribution in [0.3, 0.4) is 0 Å². The number of hydrogen-bond donors (Lipinski definition) is 29. The van der Waals surface area contributed by atoms with Gasteiger partial charge in [-0.25, -0.2) is 4.79 Å². The number of carbonyl (C=O) groups excluding carboxylic acids is 8. The van der Waals surface area contributed by atoms with E-state index in [1.807, 2.05) is 0 Å². The number of carbonyl (C=O) groups is 12. The molecule has 530 valence electrons. The highest BCUT2D eigenvalue weighted by molar-refractivity contribution is 8.76. The van der Waals surface area contributed by atoms with Crippen LogP contribution in [0.1, 0.15) is 64.2 Å². The minimum absolute atomic E-state index is 0.247. The second-order valence-corrected chi connectivity index (χ2v) is 23.1. The molecule has 0 aromatic carbocycles. The minimum Gasteiger partial charge on any atom is -0.481 e. The van der Waals surface area contributed by atoms with Crippen molar-refractivity contribution < 1.29 is 155 Å². The number of rotatable bonds is 50. The Hall–Kier alpha value is -6.34. The molecular formula is C49H86N10O31S2. The second-order valence-electron chi connectivity index (χ2n) is 20.6. The van der Waals surface area contributed by atoms with Gasteiger partial charge in [-0.05, 0) is 32.1 Å². The van der Waals surface area contributed by atoms with Gasteiger partial charge in [0.2, 0.25) is 47.3 Å². The van der Waals surface area contributed by atoms with E-state index in [0.29, 0.717) is 0 Å². The van der Waals surface area contributed by atoms with Crippen molar-refractivity contribution in [2.24, 2.45) is 11.5 Å². The van der Waals surface area contributed by atoms with Crippen LogP contribution in [0.15, 0.2) is 0 Å². The molecule has 0 saturated heterocycles.